The Bertz CT molecular complexity index is 667. The smallest absolute Gasteiger partial charge is 0.000654 e. The van der Waals surface area contributed by atoms with E-state index in [4.69, 9.17) is 0 Å². The molecule has 0 bridgehead atoms. The Morgan fingerprint density at radius 1 is 0.720 bits per heavy atom. The average molecular weight is 337 g/mol. The molecule has 2 nitrogen and oxygen atoms in total. The Kier molecular flexibility index (Phi) is 5.68. The van der Waals surface area contributed by atoms with Crippen LogP contribution in [0.3, 0.4) is 0 Å². The zero-order valence-electron chi connectivity index (χ0n) is 15.5. The summed E-state index contributed by atoms with van der Waals surface area (Å²) in [5.74, 6) is 0.753. The fourth-order valence-corrected chi connectivity index (χ4v) is 4.65. The SMILES string of the molecule is c1ccc2cc(C3CCN(CCCN4CCCCC4)CC3)ccc2c1. The van der Waals surface area contributed by atoms with E-state index in [1.54, 1.807) is 5.56 Å². The summed E-state index contributed by atoms with van der Waals surface area (Å²) < 4.78 is 0. The summed E-state index contributed by atoms with van der Waals surface area (Å²) in [6, 6.07) is 15.8. The predicted octanol–water partition coefficient (Wildman–Crippen LogP) is 4.90. The van der Waals surface area contributed by atoms with Gasteiger partial charge in [0, 0.05) is 0 Å². The van der Waals surface area contributed by atoms with Crippen molar-refractivity contribution in [2.24, 2.45) is 0 Å². The molecular weight excluding hydrogens is 304 g/mol. The van der Waals surface area contributed by atoms with Crippen molar-refractivity contribution in [2.45, 2.75) is 44.4 Å². The van der Waals surface area contributed by atoms with Crippen molar-refractivity contribution in [2.75, 3.05) is 39.3 Å². The van der Waals surface area contributed by atoms with Gasteiger partial charge in [-0.3, -0.25) is 0 Å². The summed E-state index contributed by atoms with van der Waals surface area (Å²) in [6.45, 7) is 7.83. The molecule has 2 aliphatic rings. The zero-order chi connectivity index (χ0) is 16.9. The third-order valence-electron chi connectivity index (χ3n) is 6.23. The van der Waals surface area contributed by atoms with Crippen LogP contribution in [0.25, 0.3) is 10.8 Å². The van der Waals surface area contributed by atoms with E-state index in [1.807, 2.05) is 0 Å². The van der Waals surface area contributed by atoms with E-state index in [0.29, 0.717) is 0 Å². The summed E-state index contributed by atoms with van der Waals surface area (Å²) in [4.78, 5) is 5.37. The molecule has 0 amide bonds. The average Bonchev–Trinajstić information content (AvgIpc) is 2.69. The number of likely N-dealkylation sites (tertiary alicyclic amines) is 2. The molecular formula is C23H32N2. The lowest BCUT2D eigenvalue weighted by Crippen LogP contribution is -2.36. The summed E-state index contributed by atoms with van der Waals surface area (Å²) in [5, 5.41) is 2.75. The number of rotatable bonds is 5. The Morgan fingerprint density at radius 3 is 2.16 bits per heavy atom. The lowest BCUT2D eigenvalue weighted by atomic mass is 9.88. The third kappa shape index (κ3) is 4.43. The molecule has 0 saturated carbocycles. The van der Waals surface area contributed by atoms with Gasteiger partial charge in [-0.2, -0.15) is 0 Å². The fraction of sp³-hybridized carbons (Fsp3) is 0.565. The number of hydrogen-bond donors (Lipinski definition) is 0. The highest BCUT2D eigenvalue weighted by atomic mass is 15.1. The summed E-state index contributed by atoms with van der Waals surface area (Å²) in [7, 11) is 0. The fourth-order valence-electron chi connectivity index (χ4n) is 4.65. The molecule has 0 aromatic heterocycles. The Morgan fingerprint density at radius 2 is 1.40 bits per heavy atom. The molecule has 0 unspecified atom stereocenters. The van der Waals surface area contributed by atoms with Gasteiger partial charge in [0.2, 0.25) is 0 Å². The minimum atomic E-state index is 0.753. The highest BCUT2D eigenvalue weighted by Gasteiger charge is 2.20. The molecule has 4 rings (SSSR count). The Labute approximate surface area is 152 Å². The van der Waals surface area contributed by atoms with Gasteiger partial charge in [-0.25, -0.2) is 0 Å². The molecule has 0 atom stereocenters. The minimum Gasteiger partial charge on any atom is -0.303 e. The maximum Gasteiger partial charge on any atom is -0.000654 e. The molecule has 2 aliphatic heterocycles. The molecule has 0 radical (unpaired) electrons. The van der Waals surface area contributed by atoms with Crippen LogP contribution < -0.4 is 0 Å². The molecule has 0 N–H and O–H groups in total. The van der Waals surface area contributed by atoms with Gasteiger partial charge in [-0.1, -0.05) is 48.9 Å². The van der Waals surface area contributed by atoms with Crippen LogP contribution in [-0.2, 0) is 0 Å². The second-order valence-electron chi connectivity index (χ2n) is 7.98. The maximum absolute atomic E-state index is 2.70. The quantitative estimate of drug-likeness (QED) is 0.766. The maximum atomic E-state index is 2.70. The van der Waals surface area contributed by atoms with Crippen LogP contribution in [0.15, 0.2) is 42.5 Å². The van der Waals surface area contributed by atoms with Crippen molar-refractivity contribution < 1.29 is 0 Å². The normalized spacial score (nSPS) is 21.0. The van der Waals surface area contributed by atoms with Gasteiger partial charge in [0.25, 0.3) is 0 Å². The van der Waals surface area contributed by atoms with Gasteiger partial charge in [-0.15, -0.1) is 0 Å². The largest absolute Gasteiger partial charge is 0.303 e. The van der Waals surface area contributed by atoms with E-state index in [0.717, 1.165) is 5.92 Å². The van der Waals surface area contributed by atoms with Crippen LogP contribution in [0.1, 0.15) is 50.0 Å². The van der Waals surface area contributed by atoms with Crippen LogP contribution in [0.4, 0.5) is 0 Å². The van der Waals surface area contributed by atoms with Gasteiger partial charge < -0.3 is 9.80 Å². The first-order valence-electron chi connectivity index (χ1n) is 10.3. The van der Waals surface area contributed by atoms with Crippen molar-refractivity contribution in [1.29, 1.82) is 0 Å². The predicted molar refractivity (Wildman–Crippen MR) is 107 cm³/mol. The monoisotopic (exact) mass is 336 g/mol. The van der Waals surface area contributed by atoms with E-state index in [9.17, 15) is 0 Å². The zero-order valence-corrected chi connectivity index (χ0v) is 15.5. The van der Waals surface area contributed by atoms with Gasteiger partial charge in [0.05, 0.1) is 0 Å². The summed E-state index contributed by atoms with van der Waals surface area (Å²) >= 11 is 0. The number of fused-ring (bicyclic) bond motifs is 1. The van der Waals surface area contributed by atoms with Gasteiger partial charge in [0.1, 0.15) is 0 Å². The van der Waals surface area contributed by atoms with E-state index < -0.39 is 0 Å². The standard InChI is InChI=1S/C23H32N2/c1-4-13-24(14-5-1)15-6-16-25-17-11-21(12-18-25)23-10-9-20-7-2-3-8-22(20)19-23/h2-3,7-10,19,21H,1,4-6,11-18H2. The number of benzene rings is 2. The van der Waals surface area contributed by atoms with Gasteiger partial charge in [-0.05, 0) is 93.6 Å². The van der Waals surface area contributed by atoms with E-state index in [-0.39, 0.29) is 0 Å². The second-order valence-corrected chi connectivity index (χ2v) is 7.98. The first kappa shape index (κ1) is 17.1. The van der Waals surface area contributed by atoms with Crippen LogP contribution in [0, 0.1) is 0 Å². The topological polar surface area (TPSA) is 6.48 Å². The first-order chi connectivity index (χ1) is 12.4. The molecule has 2 aromatic rings. The Balaban J connectivity index is 1.24. The van der Waals surface area contributed by atoms with Crippen LogP contribution >= 0.6 is 0 Å². The molecule has 134 valence electrons. The Hall–Kier alpha value is -1.38. The third-order valence-corrected chi connectivity index (χ3v) is 6.23. The molecule has 0 spiro atoms. The lowest BCUT2D eigenvalue weighted by molar-refractivity contribution is 0.180. The molecule has 2 heterocycles. The highest BCUT2D eigenvalue weighted by molar-refractivity contribution is 5.83. The van der Waals surface area contributed by atoms with Crippen molar-refractivity contribution >= 4 is 10.8 Å². The van der Waals surface area contributed by atoms with E-state index >= 15 is 0 Å². The first-order valence-corrected chi connectivity index (χ1v) is 10.3. The summed E-state index contributed by atoms with van der Waals surface area (Å²) in [6.07, 6.45) is 8.26. The summed E-state index contributed by atoms with van der Waals surface area (Å²) in [5.41, 5.74) is 1.55. The molecule has 2 saturated heterocycles. The van der Waals surface area contributed by atoms with E-state index in [1.165, 1.54) is 88.6 Å². The minimum absolute atomic E-state index is 0.753. The number of hydrogen-bond acceptors (Lipinski definition) is 2. The van der Waals surface area contributed by atoms with Crippen molar-refractivity contribution in [3.63, 3.8) is 0 Å². The molecule has 2 heteroatoms. The van der Waals surface area contributed by atoms with Gasteiger partial charge in [0.15, 0.2) is 0 Å². The second kappa shape index (κ2) is 8.33. The lowest BCUT2D eigenvalue weighted by Gasteiger charge is -2.33. The molecule has 0 aliphatic carbocycles. The highest BCUT2D eigenvalue weighted by Crippen LogP contribution is 2.30. The molecule has 2 fully saturated rings. The molecule has 25 heavy (non-hydrogen) atoms. The van der Waals surface area contributed by atoms with Crippen molar-refractivity contribution in [3.8, 4) is 0 Å². The van der Waals surface area contributed by atoms with Crippen molar-refractivity contribution in [3.05, 3.63) is 48.0 Å². The van der Waals surface area contributed by atoms with Crippen LogP contribution in [-0.4, -0.2) is 49.1 Å². The number of piperidine rings is 2. The van der Waals surface area contributed by atoms with Crippen LogP contribution in [0.2, 0.25) is 0 Å². The van der Waals surface area contributed by atoms with Crippen LogP contribution in [0.5, 0.6) is 0 Å². The number of nitrogens with zero attached hydrogens (tertiary/aromatic N) is 2. The van der Waals surface area contributed by atoms with Gasteiger partial charge >= 0.3 is 0 Å². The molecule has 2 aromatic carbocycles. The van der Waals surface area contributed by atoms with Crippen molar-refractivity contribution in [1.82, 2.24) is 9.80 Å². The van der Waals surface area contributed by atoms with E-state index in [2.05, 4.69) is 52.3 Å².